The Morgan fingerprint density at radius 2 is 1.59 bits per heavy atom. The Labute approximate surface area is 159 Å². The molecule has 1 saturated heterocycles. The second kappa shape index (κ2) is 9.19. The lowest BCUT2D eigenvalue weighted by Crippen LogP contribution is -2.47. The number of carboxylic acids is 1. The number of carbonyl (C=O) groups excluding carboxylic acids is 1. The Balaban J connectivity index is 1.35. The first-order chi connectivity index (χ1) is 13.1. The van der Waals surface area contributed by atoms with Gasteiger partial charge in [-0.15, -0.1) is 0 Å². The van der Waals surface area contributed by atoms with Gasteiger partial charge in [0.2, 0.25) is 5.91 Å². The molecule has 0 saturated carbocycles. The van der Waals surface area contributed by atoms with Crippen LogP contribution < -0.4 is 10.2 Å². The van der Waals surface area contributed by atoms with Crippen LogP contribution in [-0.2, 0) is 11.3 Å². The summed E-state index contributed by atoms with van der Waals surface area (Å²) in [7, 11) is 0. The second-order valence-corrected chi connectivity index (χ2v) is 6.69. The minimum absolute atomic E-state index is 0.0165. The molecule has 1 fully saturated rings. The lowest BCUT2D eigenvalue weighted by molar-refractivity contribution is -0.121. The number of rotatable bonds is 7. The molecule has 0 radical (unpaired) electrons. The Morgan fingerprint density at radius 3 is 2.22 bits per heavy atom. The molecule has 6 nitrogen and oxygen atoms in total. The number of para-hydroxylation sites is 1. The van der Waals surface area contributed by atoms with Crippen LogP contribution >= 0.6 is 0 Å². The average molecular weight is 367 g/mol. The van der Waals surface area contributed by atoms with Crippen molar-refractivity contribution in [1.82, 2.24) is 10.2 Å². The number of benzene rings is 2. The molecule has 2 aromatic rings. The fourth-order valence-electron chi connectivity index (χ4n) is 3.18. The minimum atomic E-state index is -0.946. The van der Waals surface area contributed by atoms with E-state index in [0.717, 1.165) is 38.3 Å². The lowest BCUT2D eigenvalue weighted by atomic mass is 10.1. The number of hydrogen-bond donors (Lipinski definition) is 2. The van der Waals surface area contributed by atoms with Crippen LogP contribution in [0.2, 0.25) is 0 Å². The molecule has 2 N–H and O–H groups in total. The molecule has 0 bridgehead atoms. The standard InChI is InChI=1S/C21H25N3O3/c25-20(22-16-17-6-8-18(9-7-17)21(26)27)10-11-23-12-14-24(15-13-23)19-4-2-1-3-5-19/h1-9H,10-16H2,(H,22,25)(H,26,27). The van der Waals surface area contributed by atoms with Crippen molar-refractivity contribution in [1.29, 1.82) is 0 Å². The molecule has 1 heterocycles. The van der Waals surface area contributed by atoms with Gasteiger partial charge >= 0.3 is 5.97 Å². The highest BCUT2D eigenvalue weighted by Crippen LogP contribution is 2.15. The molecule has 0 spiro atoms. The Morgan fingerprint density at radius 1 is 0.926 bits per heavy atom. The van der Waals surface area contributed by atoms with E-state index >= 15 is 0 Å². The van der Waals surface area contributed by atoms with E-state index in [1.807, 2.05) is 6.07 Å². The van der Waals surface area contributed by atoms with E-state index in [9.17, 15) is 9.59 Å². The second-order valence-electron chi connectivity index (χ2n) is 6.69. The monoisotopic (exact) mass is 367 g/mol. The first-order valence-corrected chi connectivity index (χ1v) is 9.23. The van der Waals surface area contributed by atoms with Crippen LogP contribution in [-0.4, -0.2) is 54.6 Å². The highest BCUT2D eigenvalue weighted by molar-refractivity contribution is 5.87. The van der Waals surface area contributed by atoms with E-state index in [1.54, 1.807) is 24.3 Å². The SMILES string of the molecule is O=C(CCN1CCN(c2ccccc2)CC1)NCc1ccc(C(=O)O)cc1. The maximum absolute atomic E-state index is 12.1. The van der Waals surface area contributed by atoms with E-state index in [4.69, 9.17) is 5.11 Å². The van der Waals surface area contributed by atoms with Crippen molar-refractivity contribution >= 4 is 17.6 Å². The van der Waals surface area contributed by atoms with Gasteiger partial charge in [0.05, 0.1) is 5.56 Å². The molecule has 1 aliphatic rings. The number of hydrogen-bond acceptors (Lipinski definition) is 4. The van der Waals surface area contributed by atoms with Gasteiger partial charge in [-0.1, -0.05) is 30.3 Å². The summed E-state index contributed by atoms with van der Waals surface area (Å²) in [5.41, 5.74) is 2.40. The number of piperazine rings is 1. The van der Waals surface area contributed by atoms with E-state index < -0.39 is 5.97 Å². The number of nitrogens with one attached hydrogen (secondary N) is 1. The fraction of sp³-hybridized carbons (Fsp3) is 0.333. The van der Waals surface area contributed by atoms with Gasteiger partial charge in [-0.3, -0.25) is 9.69 Å². The van der Waals surface area contributed by atoms with Crippen LogP contribution in [0.25, 0.3) is 0 Å². The third-order valence-electron chi connectivity index (χ3n) is 4.84. The van der Waals surface area contributed by atoms with Crippen molar-refractivity contribution in [3.63, 3.8) is 0 Å². The lowest BCUT2D eigenvalue weighted by Gasteiger charge is -2.36. The third kappa shape index (κ3) is 5.56. The van der Waals surface area contributed by atoms with Crippen LogP contribution in [0, 0.1) is 0 Å². The molecular formula is C21H25N3O3. The summed E-state index contributed by atoms with van der Waals surface area (Å²) in [6.45, 7) is 5.04. The molecule has 0 aliphatic carbocycles. The van der Waals surface area contributed by atoms with Crippen LogP contribution in [0.4, 0.5) is 5.69 Å². The van der Waals surface area contributed by atoms with E-state index in [0.29, 0.717) is 13.0 Å². The summed E-state index contributed by atoms with van der Waals surface area (Å²) in [4.78, 5) is 27.6. The van der Waals surface area contributed by atoms with Gasteiger partial charge in [-0.25, -0.2) is 4.79 Å². The molecular weight excluding hydrogens is 342 g/mol. The summed E-state index contributed by atoms with van der Waals surface area (Å²) < 4.78 is 0. The largest absolute Gasteiger partial charge is 0.478 e. The van der Waals surface area contributed by atoms with Crippen LogP contribution in [0.3, 0.4) is 0 Å². The average Bonchev–Trinajstić information content (AvgIpc) is 2.72. The van der Waals surface area contributed by atoms with Crippen molar-refractivity contribution in [3.8, 4) is 0 Å². The van der Waals surface area contributed by atoms with Gasteiger partial charge in [-0.2, -0.15) is 0 Å². The van der Waals surface area contributed by atoms with Gasteiger partial charge < -0.3 is 15.3 Å². The number of carboxylic acid groups (broad SMARTS) is 1. The molecule has 6 heteroatoms. The molecule has 2 aromatic carbocycles. The number of anilines is 1. The predicted molar refractivity (Wildman–Crippen MR) is 105 cm³/mol. The molecule has 1 amide bonds. The number of nitrogens with zero attached hydrogens (tertiary/aromatic N) is 2. The molecule has 3 rings (SSSR count). The highest BCUT2D eigenvalue weighted by Gasteiger charge is 2.17. The molecule has 0 unspecified atom stereocenters. The molecule has 142 valence electrons. The summed E-state index contributed by atoms with van der Waals surface area (Å²) >= 11 is 0. The maximum Gasteiger partial charge on any atom is 0.335 e. The molecule has 1 aliphatic heterocycles. The quantitative estimate of drug-likeness (QED) is 0.785. The zero-order chi connectivity index (χ0) is 19.1. The Hall–Kier alpha value is -2.86. The fourth-order valence-corrected chi connectivity index (χ4v) is 3.18. The topological polar surface area (TPSA) is 72.9 Å². The van der Waals surface area contributed by atoms with Crippen LogP contribution in [0.1, 0.15) is 22.3 Å². The maximum atomic E-state index is 12.1. The number of carbonyl (C=O) groups is 2. The zero-order valence-electron chi connectivity index (χ0n) is 15.3. The van der Waals surface area contributed by atoms with Gasteiger partial charge in [0.25, 0.3) is 0 Å². The van der Waals surface area contributed by atoms with E-state index in [1.165, 1.54) is 5.69 Å². The van der Waals surface area contributed by atoms with Gasteiger partial charge in [0.1, 0.15) is 0 Å². The Bertz CT molecular complexity index is 754. The highest BCUT2D eigenvalue weighted by atomic mass is 16.4. The van der Waals surface area contributed by atoms with Gasteiger partial charge in [0, 0.05) is 51.4 Å². The molecule has 27 heavy (non-hydrogen) atoms. The van der Waals surface area contributed by atoms with Crippen molar-refractivity contribution in [3.05, 3.63) is 65.7 Å². The van der Waals surface area contributed by atoms with E-state index in [-0.39, 0.29) is 11.5 Å². The smallest absolute Gasteiger partial charge is 0.335 e. The van der Waals surface area contributed by atoms with Gasteiger partial charge in [-0.05, 0) is 29.8 Å². The van der Waals surface area contributed by atoms with Crippen molar-refractivity contribution < 1.29 is 14.7 Å². The van der Waals surface area contributed by atoms with Crippen LogP contribution in [0.5, 0.6) is 0 Å². The Kier molecular flexibility index (Phi) is 6.44. The number of amides is 1. The van der Waals surface area contributed by atoms with Crippen molar-refractivity contribution in [2.75, 3.05) is 37.6 Å². The van der Waals surface area contributed by atoms with Gasteiger partial charge in [0.15, 0.2) is 0 Å². The summed E-state index contributed by atoms with van der Waals surface area (Å²) in [6.07, 6.45) is 0.471. The minimum Gasteiger partial charge on any atom is -0.478 e. The first kappa shape index (κ1) is 18.9. The zero-order valence-corrected chi connectivity index (χ0v) is 15.3. The number of aromatic carboxylic acids is 1. The van der Waals surface area contributed by atoms with Crippen molar-refractivity contribution in [2.45, 2.75) is 13.0 Å². The van der Waals surface area contributed by atoms with E-state index in [2.05, 4.69) is 39.4 Å². The van der Waals surface area contributed by atoms with Crippen LogP contribution in [0.15, 0.2) is 54.6 Å². The summed E-state index contributed by atoms with van der Waals surface area (Å²) in [5.74, 6) is -0.930. The first-order valence-electron chi connectivity index (χ1n) is 9.23. The normalized spacial score (nSPS) is 14.7. The molecule has 0 atom stereocenters. The third-order valence-corrected chi connectivity index (χ3v) is 4.84. The molecule has 0 aromatic heterocycles. The summed E-state index contributed by atoms with van der Waals surface area (Å²) in [6, 6.07) is 17.0. The van der Waals surface area contributed by atoms with Crippen molar-refractivity contribution in [2.24, 2.45) is 0 Å². The predicted octanol–water partition coefficient (Wildman–Crippen LogP) is 2.21. The summed E-state index contributed by atoms with van der Waals surface area (Å²) in [5, 5.41) is 11.8.